The first-order chi connectivity index (χ1) is 21.2. The van der Waals surface area contributed by atoms with E-state index < -0.39 is 0 Å². The summed E-state index contributed by atoms with van der Waals surface area (Å²) in [7, 11) is 0. The quantitative estimate of drug-likeness (QED) is 0.0404. The molecule has 0 N–H and O–H groups in total. The Bertz CT molecular complexity index is 554. The summed E-state index contributed by atoms with van der Waals surface area (Å²) >= 11 is 0. The van der Waals surface area contributed by atoms with Gasteiger partial charge < -0.3 is 4.74 Å². The van der Waals surface area contributed by atoms with E-state index in [9.17, 15) is 4.79 Å². The molecule has 0 heterocycles. The van der Waals surface area contributed by atoms with Crippen LogP contribution in [0.3, 0.4) is 0 Å². The van der Waals surface area contributed by atoms with Crippen LogP contribution in [-0.4, -0.2) is 12.6 Å². The van der Waals surface area contributed by atoms with Gasteiger partial charge in [0.15, 0.2) is 0 Å². The molecule has 0 spiro atoms. The molecule has 0 aromatic carbocycles. The van der Waals surface area contributed by atoms with Crippen molar-refractivity contribution in [1.29, 1.82) is 0 Å². The Balaban J connectivity index is 3.18. The number of hydrogen-bond donors (Lipinski definition) is 0. The summed E-state index contributed by atoms with van der Waals surface area (Å²) in [4.78, 5) is 12.0. The van der Waals surface area contributed by atoms with Crippen LogP contribution in [0.4, 0.5) is 0 Å². The van der Waals surface area contributed by atoms with Gasteiger partial charge in [-0.2, -0.15) is 0 Å². The fourth-order valence-corrected chi connectivity index (χ4v) is 6.05. The van der Waals surface area contributed by atoms with Crippen LogP contribution in [0.15, 0.2) is 12.2 Å². The molecule has 1 atom stereocenters. The highest BCUT2D eigenvalue weighted by Gasteiger charge is 2.03. The van der Waals surface area contributed by atoms with Crippen molar-refractivity contribution in [3.05, 3.63) is 12.2 Å². The molecule has 0 bridgehead atoms. The van der Waals surface area contributed by atoms with Crippen molar-refractivity contribution < 1.29 is 9.53 Å². The molecule has 0 fully saturated rings. The van der Waals surface area contributed by atoms with Crippen molar-refractivity contribution in [2.75, 3.05) is 6.61 Å². The van der Waals surface area contributed by atoms with Gasteiger partial charge in [-0.05, 0) is 44.4 Å². The van der Waals surface area contributed by atoms with E-state index in [-0.39, 0.29) is 5.97 Å². The number of carbonyl (C=O) groups excluding carboxylic acids is 1. The third kappa shape index (κ3) is 37.3. The van der Waals surface area contributed by atoms with Gasteiger partial charge >= 0.3 is 5.97 Å². The first-order valence-electron chi connectivity index (χ1n) is 20.0. The first-order valence-corrected chi connectivity index (χ1v) is 20.0. The number of carbonyl (C=O) groups is 1. The Morgan fingerprint density at radius 3 is 1.30 bits per heavy atom. The maximum atomic E-state index is 12.0. The number of ether oxygens (including phenoxy) is 1. The van der Waals surface area contributed by atoms with E-state index in [4.69, 9.17) is 4.74 Å². The Hall–Kier alpha value is -0.790. The van der Waals surface area contributed by atoms with Gasteiger partial charge in [-0.25, -0.2) is 0 Å². The van der Waals surface area contributed by atoms with Crippen molar-refractivity contribution in [3.8, 4) is 0 Å². The first kappa shape index (κ1) is 42.2. The van der Waals surface area contributed by atoms with Gasteiger partial charge in [0.25, 0.3) is 0 Å². The predicted octanol–water partition coefficient (Wildman–Crippen LogP) is 14.6. The molecule has 0 aliphatic heterocycles. The van der Waals surface area contributed by atoms with Crippen LogP contribution in [0.5, 0.6) is 0 Å². The Kier molecular flexibility index (Phi) is 36.7. The predicted molar refractivity (Wildman–Crippen MR) is 193 cm³/mol. The third-order valence-electron chi connectivity index (χ3n) is 9.44. The highest BCUT2D eigenvalue weighted by molar-refractivity contribution is 5.69. The monoisotopic (exact) mass is 605 g/mol. The molecular weight excluding hydrogens is 524 g/mol. The van der Waals surface area contributed by atoms with Gasteiger partial charge in [0.2, 0.25) is 0 Å². The van der Waals surface area contributed by atoms with Crippen LogP contribution in [0.1, 0.15) is 233 Å². The lowest BCUT2D eigenvalue weighted by atomic mass is 9.99. The lowest BCUT2D eigenvalue weighted by molar-refractivity contribution is -0.143. The van der Waals surface area contributed by atoms with E-state index in [0.29, 0.717) is 13.0 Å². The normalized spacial score (nSPS) is 12.3. The molecule has 0 aromatic heterocycles. The van der Waals surface area contributed by atoms with Crippen molar-refractivity contribution in [1.82, 2.24) is 0 Å². The lowest BCUT2D eigenvalue weighted by Crippen LogP contribution is -2.05. The molecule has 0 aliphatic rings. The number of allylic oxidation sites excluding steroid dienone is 2. The number of rotatable bonds is 36. The lowest BCUT2D eigenvalue weighted by Gasteiger charge is -2.07. The van der Waals surface area contributed by atoms with Crippen LogP contribution in [0.2, 0.25) is 0 Å². The van der Waals surface area contributed by atoms with Crippen LogP contribution in [-0.2, 0) is 9.53 Å². The topological polar surface area (TPSA) is 26.3 Å². The minimum absolute atomic E-state index is 0.0246. The second kappa shape index (κ2) is 37.4. The van der Waals surface area contributed by atoms with E-state index in [2.05, 4.69) is 32.9 Å². The highest BCUT2D eigenvalue weighted by atomic mass is 16.5. The smallest absolute Gasteiger partial charge is 0.305 e. The maximum absolute atomic E-state index is 12.0. The van der Waals surface area contributed by atoms with Gasteiger partial charge in [0.1, 0.15) is 0 Å². The molecule has 0 saturated heterocycles. The minimum atomic E-state index is 0.0246. The van der Waals surface area contributed by atoms with Gasteiger partial charge in [-0.15, -0.1) is 0 Å². The number of unbranched alkanes of at least 4 members (excludes halogenated alkanes) is 27. The molecular formula is C41H80O2. The largest absolute Gasteiger partial charge is 0.466 e. The van der Waals surface area contributed by atoms with Gasteiger partial charge in [-0.3, -0.25) is 4.79 Å². The molecule has 43 heavy (non-hydrogen) atoms. The molecule has 0 amide bonds. The molecule has 2 heteroatoms. The summed E-state index contributed by atoms with van der Waals surface area (Å²) in [5, 5.41) is 0. The molecule has 0 aromatic rings. The molecule has 0 saturated carbocycles. The Morgan fingerprint density at radius 1 is 0.488 bits per heavy atom. The van der Waals surface area contributed by atoms with Crippen molar-refractivity contribution >= 4 is 5.97 Å². The van der Waals surface area contributed by atoms with E-state index in [1.54, 1.807) is 0 Å². The Labute approximate surface area is 272 Å². The summed E-state index contributed by atoms with van der Waals surface area (Å²) in [6.45, 7) is 7.61. The molecule has 0 aliphatic carbocycles. The zero-order valence-electron chi connectivity index (χ0n) is 30.1. The fourth-order valence-electron chi connectivity index (χ4n) is 6.05. The average molecular weight is 605 g/mol. The van der Waals surface area contributed by atoms with E-state index in [1.165, 1.54) is 193 Å². The number of hydrogen-bond acceptors (Lipinski definition) is 2. The summed E-state index contributed by atoms with van der Waals surface area (Å²) in [6.07, 6.45) is 48.5. The van der Waals surface area contributed by atoms with Crippen molar-refractivity contribution in [2.45, 2.75) is 233 Å². The highest BCUT2D eigenvalue weighted by Crippen LogP contribution is 2.16. The van der Waals surface area contributed by atoms with E-state index in [1.807, 2.05) is 0 Å². The number of esters is 1. The van der Waals surface area contributed by atoms with Gasteiger partial charge in [0, 0.05) is 6.42 Å². The second-order valence-electron chi connectivity index (χ2n) is 13.9. The second-order valence-corrected chi connectivity index (χ2v) is 13.9. The van der Waals surface area contributed by atoms with E-state index in [0.717, 1.165) is 18.8 Å². The van der Waals surface area contributed by atoms with Crippen LogP contribution in [0.25, 0.3) is 0 Å². The van der Waals surface area contributed by atoms with Gasteiger partial charge in [-0.1, -0.05) is 200 Å². The van der Waals surface area contributed by atoms with E-state index >= 15 is 0 Å². The van der Waals surface area contributed by atoms with Crippen LogP contribution < -0.4 is 0 Å². The van der Waals surface area contributed by atoms with Crippen molar-refractivity contribution in [3.63, 3.8) is 0 Å². The summed E-state index contributed by atoms with van der Waals surface area (Å²) in [5.41, 5.74) is 0. The maximum Gasteiger partial charge on any atom is 0.305 e. The van der Waals surface area contributed by atoms with Crippen LogP contribution >= 0.6 is 0 Å². The van der Waals surface area contributed by atoms with Gasteiger partial charge in [0.05, 0.1) is 6.61 Å². The summed E-state index contributed by atoms with van der Waals surface area (Å²) < 4.78 is 5.46. The summed E-state index contributed by atoms with van der Waals surface area (Å²) in [5.74, 6) is 0.952. The van der Waals surface area contributed by atoms with Crippen LogP contribution in [0, 0.1) is 5.92 Å². The van der Waals surface area contributed by atoms with Crippen molar-refractivity contribution in [2.24, 2.45) is 5.92 Å². The zero-order valence-corrected chi connectivity index (χ0v) is 30.1. The standard InChI is InChI=1S/C41H80O2/c1-4-6-7-8-9-10-11-12-13-14-17-20-23-26-29-32-35-38-41(42)43-39-36-33-30-27-24-21-18-15-16-19-22-25-28-31-34-37-40(3)5-2/h10-11,40H,4-9,12-39H2,1-3H3. The molecule has 0 rings (SSSR count). The zero-order chi connectivity index (χ0) is 31.3. The molecule has 1 unspecified atom stereocenters. The molecule has 2 nitrogen and oxygen atoms in total. The third-order valence-corrected chi connectivity index (χ3v) is 9.44. The molecule has 0 radical (unpaired) electrons. The fraction of sp³-hybridized carbons (Fsp3) is 0.927. The SMILES string of the molecule is CCCCCCC=CCCCCCCCCCCCC(=O)OCCCCCCCCCCCCCCCCCC(C)CC. The Morgan fingerprint density at radius 2 is 0.860 bits per heavy atom. The average Bonchev–Trinajstić information content (AvgIpc) is 3.01. The minimum Gasteiger partial charge on any atom is -0.466 e. The molecule has 256 valence electrons. The summed E-state index contributed by atoms with van der Waals surface area (Å²) in [6, 6.07) is 0.